The summed E-state index contributed by atoms with van der Waals surface area (Å²) in [6.07, 6.45) is 3.17. The Morgan fingerprint density at radius 1 is 0.917 bits per heavy atom. The minimum Gasteiger partial charge on any atom is -0.288 e. The third-order valence-electron chi connectivity index (χ3n) is 1.42. The van der Waals surface area contributed by atoms with E-state index in [-0.39, 0.29) is 0 Å². The summed E-state index contributed by atoms with van der Waals surface area (Å²) < 4.78 is 1.04. The van der Waals surface area contributed by atoms with Gasteiger partial charge in [-0.2, -0.15) is 0 Å². The van der Waals surface area contributed by atoms with E-state index in [4.69, 9.17) is 24.4 Å². The number of aromatic nitrogens is 4. The number of H-pyrrole nitrogens is 2. The number of rotatable bonds is 0. The van der Waals surface area contributed by atoms with Gasteiger partial charge in [-0.05, 0) is 0 Å². The highest BCUT2D eigenvalue weighted by Crippen LogP contribution is 2.06. The largest absolute Gasteiger partial charge is 0.288 e. The minimum atomic E-state index is 0.520. The van der Waals surface area contributed by atoms with Crippen molar-refractivity contribution in [1.29, 1.82) is 0 Å². The molecule has 0 saturated heterocycles. The molecule has 2 rings (SSSR count). The van der Waals surface area contributed by atoms with E-state index in [1.807, 2.05) is 0 Å². The van der Waals surface area contributed by atoms with E-state index < -0.39 is 0 Å². The molecule has 0 aliphatic heterocycles. The summed E-state index contributed by atoms with van der Waals surface area (Å²) in [5.74, 6) is 0. The molecule has 0 aromatic carbocycles. The first kappa shape index (κ1) is 7.51. The van der Waals surface area contributed by atoms with E-state index in [2.05, 4.69) is 20.2 Å². The fraction of sp³-hybridized carbons (Fsp3) is 0. The zero-order valence-electron chi connectivity index (χ0n) is 5.87. The average molecular weight is 196 g/mol. The van der Waals surface area contributed by atoms with E-state index in [0.29, 0.717) is 20.3 Å². The van der Waals surface area contributed by atoms with E-state index >= 15 is 0 Å². The average Bonchev–Trinajstić information content (AvgIpc) is 2.12. The maximum Gasteiger partial charge on any atom is 0.146 e. The third kappa shape index (κ3) is 1.05. The van der Waals surface area contributed by atoms with Gasteiger partial charge in [-0.1, -0.05) is 24.4 Å². The first-order chi connectivity index (χ1) is 5.79. The number of fused-ring (bicyclic) bond motifs is 1. The van der Waals surface area contributed by atoms with Gasteiger partial charge in [0.2, 0.25) is 0 Å². The van der Waals surface area contributed by atoms with Crippen LogP contribution in [0, 0.1) is 9.28 Å². The molecule has 2 aromatic heterocycles. The molecule has 0 spiro atoms. The molecular formula is C6H4N4S2. The maximum atomic E-state index is 4.98. The van der Waals surface area contributed by atoms with Gasteiger partial charge < -0.3 is 0 Å². The molecule has 0 aliphatic carbocycles. The molecule has 0 saturated carbocycles. The highest BCUT2D eigenvalue weighted by atomic mass is 32.1. The van der Waals surface area contributed by atoms with Crippen molar-refractivity contribution in [3.8, 4) is 0 Å². The molecule has 2 N–H and O–H groups in total. The van der Waals surface area contributed by atoms with E-state index in [1.165, 1.54) is 0 Å². The van der Waals surface area contributed by atoms with E-state index in [1.54, 1.807) is 12.4 Å². The highest BCUT2D eigenvalue weighted by molar-refractivity contribution is 7.72. The van der Waals surface area contributed by atoms with Gasteiger partial charge >= 0.3 is 0 Å². The normalized spacial score (nSPS) is 10.3. The summed E-state index contributed by atoms with van der Waals surface area (Å²) in [7, 11) is 0. The Morgan fingerprint density at radius 3 is 1.75 bits per heavy atom. The van der Waals surface area contributed by atoms with Crippen LogP contribution in [0.2, 0.25) is 0 Å². The van der Waals surface area contributed by atoms with Crippen molar-refractivity contribution < 1.29 is 0 Å². The van der Waals surface area contributed by atoms with Gasteiger partial charge in [0, 0.05) is 12.4 Å². The Bertz CT molecular complexity index is 478. The number of aromatic amines is 2. The fourth-order valence-corrected chi connectivity index (χ4v) is 1.30. The van der Waals surface area contributed by atoms with Gasteiger partial charge in [0.1, 0.15) is 20.3 Å². The van der Waals surface area contributed by atoms with Crippen molar-refractivity contribution in [2.75, 3.05) is 0 Å². The second kappa shape index (κ2) is 2.72. The minimum absolute atomic E-state index is 0.520. The lowest BCUT2D eigenvalue weighted by Crippen LogP contribution is -1.90. The molecule has 0 aliphatic rings. The summed E-state index contributed by atoms with van der Waals surface area (Å²) in [5.41, 5.74) is 1.27. The molecule has 0 atom stereocenters. The summed E-state index contributed by atoms with van der Waals surface area (Å²) in [6.45, 7) is 0. The molecule has 0 amide bonds. The smallest absolute Gasteiger partial charge is 0.146 e. The SMILES string of the molecule is S=c1[nH][nH]c(=S)c2nccnc12. The summed E-state index contributed by atoms with van der Waals surface area (Å²) in [5, 5.41) is 5.45. The Labute approximate surface area is 77.7 Å². The topological polar surface area (TPSA) is 57.4 Å². The van der Waals surface area contributed by atoms with Gasteiger partial charge in [-0.3, -0.25) is 10.2 Å². The van der Waals surface area contributed by atoms with Crippen LogP contribution in [0.15, 0.2) is 12.4 Å². The first-order valence-electron chi connectivity index (χ1n) is 3.21. The number of hydrogen-bond acceptors (Lipinski definition) is 4. The van der Waals surface area contributed by atoms with Gasteiger partial charge in [-0.15, -0.1) is 0 Å². The van der Waals surface area contributed by atoms with Crippen LogP contribution in [0.5, 0.6) is 0 Å². The summed E-state index contributed by atoms with van der Waals surface area (Å²) in [4.78, 5) is 8.11. The zero-order chi connectivity index (χ0) is 8.55. The lowest BCUT2D eigenvalue weighted by Gasteiger charge is -1.94. The highest BCUT2D eigenvalue weighted by Gasteiger charge is 1.97. The molecule has 6 heteroatoms. The molecule has 0 fully saturated rings. The van der Waals surface area contributed by atoms with Crippen molar-refractivity contribution in [1.82, 2.24) is 20.2 Å². The molecule has 2 aromatic rings. The van der Waals surface area contributed by atoms with Gasteiger partial charge in [0.15, 0.2) is 0 Å². The lowest BCUT2D eigenvalue weighted by atomic mass is 10.4. The number of nitrogens with zero attached hydrogens (tertiary/aromatic N) is 2. The van der Waals surface area contributed by atoms with Crippen LogP contribution in [-0.2, 0) is 0 Å². The third-order valence-corrected chi connectivity index (χ3v) is 2.01. The van der Waals surface area contributed by atoms with E-state index in [9.17, 15) is 0 Å². The van der Waals surface area contributed by atoms with Crippen molar-refractivity contribution in [2.24, 2.45) is 0 Å². The van der Waals surface area contributed by atoms with Crippen molar-refractivity contribution >= 4 is 35.5 Å². The Hall–Kier alpha value is -1.14. The Morgan fingerprint density at radius 2 is 1.33 bits per heavy atom. The van der Waals surface area contributed by atoms with Crippen molar-refractivity contribution in [3.63, 3.8) is 0 Å². The molecule has 60 valence electrons. The predicted molar refractivity (Wildman–Crippen MR) is 49.9 cm³/mol. The standard InChI is InChI=1S/C6H4N4S2/c11-5-3-4(6(12)10-9-5)8-2-1-7-3/h1-2H,(H,9,11)(H,10,12). The van der Waals surface area contributed by atoms with Crippen LogP contribution in [0.25, 0.3) is 11.0 Å². The van der Waals surface area contributed by atoms with Crippen LogP contribution in [0.3, 0.4) is 0 Å². The molecule has 0 bridgehead atoms. The monoisotopic (exact) mass is 196 g/mol. The lowest BCUT2D eigenvalue weighted by molar-refractivity contribution is 1.01. The van der Waals surface area contributed by atoms with Crippen LogP contribution >= 0.6 is 24.4 Å². The zero-order valence-corrected chi connectivity index (χ0v) is 7.50. The van der Waals surface area contributed by atoms with Crippen molar-refractivity contribution in [2.45, 2.75) is 0 Å². The molecular weight excluding hydrogens is 192 g/mol. The van der Waals surface area contributed by atoms with Crippen molar-refractivity contribution in [3.05, 3.63) is 21.7 Å². The summed E-state index contributed by atoms with van der Waals surface area (Å²) >= 11 is 9.96. The molecule has 2 heterocycles. The molecule has 0 radical (unpaired) electrons. The number of nitrogens with one attached hydrogen (secondary N) is 2. The summed E-state index contributed by atoms with van der Waals surface area (Å²) in [6, 6.07) is 0. The quantitative estimate of drug-likeness (QED) is 0.630. The van der Waals surface area contributed by atoms with Crippen LogP contribution in [0.1, 0.15) is 0 Å². The fourth-order valence-electron chi connectivity index (χ4n) is 0.902. The Balaban J connectivity index is 3.16. The maximum absolute atomic E-state index is 4.98. The second-order valence-corrected chi connectivity index (χ2v) is 2.98. The predicted octanol–water partition coefficient (Wildman–Crippen LogP) is 1.74. The second-order valence-electron chi connectivity index (χ2n) is 2.16. The van der Waals surface area contributed by atoms with Crippen LogP contribution in [0.4, 0.5) is 0 Å². The first-order valence-corrected chi connectivity index (χ1v) is 4.02. The molecule has 0 unspecified atom stereocenters. The van der Waals surface area contributed by atoms with E-state index in [0.717, 1.165) is 0 Å². The molecule has 4 nitrogen and oxygen atoms in total. The Kier molecular flexibility index (Phi) is 1.70. The van der Waals surface area contributed by atoms with Gasteiger partial charge in [0.05, 0.1) is 0 Å². The molecule has 12 heavy (non-hydrogen) atoms. The number of hydrogen-bond donors (Lipinski definition) is 2. The van der Waals surface area contributed by atoms with Crippen LogP contribution < -0.4 is 0 Å². The van der Waals surface area contributed by atoms with Gasteiger partial charge in [-0.25, -0.2) is 9.97 Å². The van der Waals surface area contributed by atoms with Gasteiger partial charge in [0.25, 0.3) is 0 Å². The van der Waals surface area contributed by atoms with Crippen LogP contribution in [-0.4, -0.2) is 20.2 Å².